The number of aryl methyl sites for hydroxylation is 1. The van der Waals surface area contributed by atoms with Gasteiger partial charge >= 0.3 is 0 Å². The third kappa shape index (κ3) is 2.94. The summed E-state index contributed by atoms with van der Waals surface area (Å²) in [5.74, 6) is 1.06. The number of hydrogen-bond donors (Lipinski definition) is 1. The zero-order valence-electron chi connectivity index (χ0n) is 10.6. The highest BCUT2D eigenvalue weighted by molar-refractivity contribution is 5.02. The van der Waals surface area contributed by atoms with Crippen molar-refractivity contribution in [2.45, 2.75) is 33.0 Å². The molecule has 0 unspecified atom stereocenters. The van der Waals surface area contributed by atoms with Gasteiger partial charge in [-0.2, -0.15) is 0 Å². The third-order valence-corrected chi connectivity index (χ3v) is 2.72. The molecule has 0 aliphatic carbocycles. The van der Waals surface area contributed by atoms with E-state index in [-0.39, 0.29) is 0 Å². The first-order valence-electron chi connectivity index (χ1n) is 5.85. The van der Waals surface area contributed by atoms with Crippen molar-refractivity contribution >= 4 is 0 Å². The van der Waals surface area contributed by atoms with Crippen LogP contribution in [0.2, 0.25) is 0 Å². The van der Waals surface area contributed by atoms with Crippen LogP contribution in [0.1, 0.15) is 25.4 Å². The molecule has 2 rings (SSSR count). The molecule has 17 heavy (non-hydrogen) atoms. The van der Waals surface area contributed by atoms with Gasteiger partial charge in [0.2, 0.25) is 0 Å². The van der Waals surface area contributed by atoms with Crippen LogP contribution in [0.4, 0.5) is 0 Å². The maximum absolute atomic E-state index is 4.37. The molecule has 2 aromatic heterocycles. The van der Waals surface area contributed by atoms with Gasteiger partial charge in [-0.25, -0.2) is 9.97 Å². The van der Waals surface area contributed by atoms with Crippen molar-refractivity contribution in [1.29, 1.82) is 0 Å². The predicted octanol–water partition coefficient (Wildman–Crippen LogP) is 1.16. The Morgan fingerprint density at radius 2 is 2.24 bits per heavy atom. The number of hydrogen-bond acceptors (Lipinski definition) is 3. The van der Waals surface area contributed by atoms with Crippen LogP contribution < -0.4 is 5.32 Å². The minimum atomic E-state index is 0.469. The molecule has 0 fully saturated rings. The smallest absolute Gasteiger partial charge is 0.123 e. The van der Waals surface area contributed by atoms with Gasteiger partial charge < -0.3 is 14.5 Å². The summed E-state index contributed by atoms with van der Waals surface area (Å²) in [5, 5.41) is 3.38. The van der Waals surface area contributed by atoms with Crippen molar-refractivity contribution in [3.63, 3.8) is 0 Å². The van der Waals surface area contributed by atoms with Crippen LogP contribution in [0, 0.1) is 0 Å². The lowest BCUT2D eigenvalue weighted by Gasteiger charge is -2.11. The van der Waals surface area contributed by atoms with E-state index in [1.54, 1.807) is 0 Å². The average Bonchev–Trinajstić information content (AvgIpc) is 2.87. The van der Waals surface area contributed by atoms with Gasteiger partial charge in [0.25, 0.3) is 0 Å². The fraction of sp³-hybridized carbons (Fsp3) is 0.500. The molecule has 2 aromatic rings. The highest BCUT2D eigenvalue weighted by Crippen LogP contribution is 2.04. The first kappa shape index (κ1) is 11.9. The van der Waals surface area contributed by atoms with Gasteiger partial charge in [-0.1, -0.05) is 13.8 Å². The number of rotatable bonds is 5. The fourth-order valence-corrected chi connectivity index (χ4v) is 1.66. The van der Waals surface area contributed by atoms with Crippen molar-refractivity contribution in [1.82, 2.24) is 24.4 Å². The van der Waals surface area contributed by atoms with E-state index in [9.17, 15) is 0 Å². The Labute approximate surface area is 102 Å². The molecule has 0 bridgehead atoms. The topological polar surface area (TPSA) is 47.7 Å². The summed E-state index contributed by atoms with van der Waals surface area (Å²) >= 11 is 0. The summed E-state index contributed by atoms with van der Waals surface area (Å²) < 4.78 is 4.17. The fourth-order valence-electron chi connectivity index (χ4n) is 1.66. The number of nitrogens with zero attached hydrogens (tertiary/aromatic N) is 4. The van der Waals surface area contributed by atoms with Gasteiger partial charge in [-0.15, -0.1) is 0 Å². The lowest BCUT2D eigenvalue weighted by Crippen LogP contribution is -2.24. The molecule has 0 aliphatic rings. The van der Waals surface area contributed by atoms with E-state index >= 15 is 0 Å². The number of imidazole rings is 2. The monoisotopic (exact) mass is 233 g/mol. The first-order valence-corrected chi connectivity index (χ1v) is 5.85. The number of nitrogens with one attached hydrogen (secondary N) is 1. The summed E-state index contributed by atoms with van der Waals surface area (Å²) in [6, 6.07) is 0.469. The molecular weight excluding hydrogens is 214 g/mol. The van der Waals surface area contributed by atoms with Crippen molar-refractivity contribution in [2.75, 3.05) is 0 Å². The maximum Gasteiger partial charge on any atom is 0.123 e. The van der Waals surface area contributed by atoms with E-state index in [2.05, 4.69) is 33.7 Å². The van der Waals surface area contributed by atoms with Gasteiger partial charge in [0, 0.05) is 31.7 Å². The minimum Gasteiger partial charge on any atom is -0.336 e. The summed E-state index contributed by atoms with van der Waals surface area (Å²) in [5.41, 5.74) is 1.17. The molecule has 0 aromatic carbocycles. The molecule has 92 valence electrons. The Balaban J connectivity index is 2.06. The van der Waals surface area contributed by atoms with Crippen molar-refractivity contribution in [2.24, 2.45) is 7.05 Å². The Morgan fingerprint density at radius 3 is 2.88 bits per heavy atom. The Kier molecular flexibility index (Phi) is 3.58. The molecule has 0 aliphatic heterocycles. The molecule has 1 N–H and O–H groups in total. The second-order valence-electron chi connectivity index (χ2n) is 4.50. The predicted molar refractivity (Wildman–Crippen MR) is 66.5 cm³/mol. The Morgan fingerprint density at radius 1 is 1.41 bits per heavy atom. The van der Waals surface area contributed by atoms with Gasteiger partial charge in [0.1, 0.15) is 5.82 Å². The average molecular weight is 233 g/mol. The molecule has 0 spiro atoms. The molecule has 0 saturated heterocycles. The number of aromatic nitrogens is 4. The highest BCUT2D eigenvalue weighted by Gasteiger charge is 2.06. The van der Waals surface area contributed by atoms with E-state index in [0.29, 0.717) is 6.04 Å². The normalized spacial score (nSPS) is 11.3. The Hall–Kier alpha value is -1.62. The molecule has 0 saturated carbocycles. The SMILES string of the molecule is CC(C)NCc1nccn1Cc1cncn1C. The van der Waals surface area contributed by atoms with E-state index in [1.807, 2.05) is 36.5 Å². The standard InChI is InChI=1S/C12H19N5/c1-10(2)15-7-12-14-4-5-17(12)8-11-6-13-9-16(11)3/h4-6,9-10,15H,7-8H2,1-3H3. The zero-order valence-corrected chi connectivity index (χ0v) is 10.6. The lowest BCUT2D eigenvalue weighted by molar-refractivity contribution is 0.551. The van der Waals surface area contributed by atoms with Crippen LogP contribution in [0.15, 0.2) is 24.9 Å². The molecule has 5 nitrogen and oxygen atoms in total. The first-order chi connectivity index (χ1) is 8.16. The third-order valence-electron chi connectivity index (χ3n) is 2.72. The molecule has 5 heteroatoms. The molecule has 0 radical (unpaired) electrons. The maximum atomic E-state index is 4.37. The summed E-state index contributed by atoms with van der Waals surface area (Å²) in [6.07, 6.45) is 7.55. The van der Waals surface area contributed by atoms with Crippen molar-refractivity contribution in [3.8, 4) is 0 Å². The van der Waals surface area contributed by atoms with Crippen LogP contribution in [0.3, 0.4) is 0 Å². The van der Waals surface area contributed by atoms with Gasteiger partial charge in [0.15, 0.2) is 0 Å². The van der Waals surface area contributed by atoms with Crippen LogP contribution in [-0.4, -0.2) is 25.1 Å². The quantitative estimate of drug-likeness (QED) is 0.843. The molecule has 0 atom stereocenters. The molecule has 0 amide bonds. The molecule has 2 heterocycles. The Bertz CT molecular complexity index is 469. The lowest BCUT2D eigenvalue weighted by atomic mass is 10.4. The molecular formula is C12H19N5. The van der Waals surface area contributed by atoms with Crippen LogP contribution in [0.5, 0.6) is 0 Å². The zero-order chi connectivity index (χ0) is 12.3. The van der Waals surface area contributed by atoms with Crippen LogP contribution in [-0.2, 0) is 20.1 Å². The van der Waals surface area contributed by atoms with Gasteiger partial charge in [0.05, 0.1) is 25.1 Å². The highest BCUT2D eigenvalue weighted by atomic mass is 15.1. The van der Waals surface area contributed by atoms with Gasteiger partial charge in [-0.3, -0.25) is 0 Å². The van der Waals surface area contributed by atoms with Gasteiger partial charge in [-0.05, 0) is 0 Å². The van der Waals surface area contributed by atoms with E-state index in [4.69, 9.17) is 0 Å². The van der Waals surface area contributed by atoms with E-state index in [0.717, 1.165) is 18.9 Å². The summed E-state index contributed by atoms with van der Waals surface area (Å²) in [4.78, 5) is 8.49. The van der Waals surface area contributed by atoms with Crippen molar-refractivity contribution in [3.05, 3.63) is 36.4 Å². The van der Waals surface area contributed by atoms with E-state index in [1.165, 1.54) is 5.69 Å². The van der Waals surface area contributed by atoms with Crippen molar-refractivity contribution < 1.29 is 0 Å². The summed E-state index contributed by atoms with van der Waals surface area (Å²) in [6.45, 7) is 5.87. The summed E-state index contributed by atoms with van der Waals surface area (Å²) in [7, 11) is 2.01. The largest absolute Gasteiger partial charge is 0.336 e. The van der Waals surface area contributed by atoms with Crippen LogP contribution in [0.25, 0.3) is 0 Å². The van der Waals surface area contributed by atoms with Crippen LogP contribution >= 0.6 is 0 Å². The van der Waals surface area contributed by atoms with E-state index < -0.39 is 0 Å². The minimum absolute atomic E-state index is 0.469. The second-order valence-corrected chi connectivity index (χ2v) is 4.50. The second kappa shape index (κ2) is 5.14.